The molecule has 0 aliphatic carbocycles. The third kappa shape index (κ3) is 4.26. The van der Waals surface area contributed by atoms with E-state index in [0.717, 1.165) is 37.5 Å². The van der Waals surface area contributed by atoms with Crippen LogP contribution in [0.15, 0.2) is 66.7 Å². The van der Waals surface area contributed by atoms with E-state index in [1.165, 1.54) is 6.07 Å². The van der Waals surface area contributed by atoms with Gasteiger partial charge in [-0.05, 0) is 52.4 Å². The molecule has 0 amide bonds. The van der Waals surface area contributed by atoms with Crippen LogP contribution in [0.5, 0.6) is 5.75 Å². The van der Waals surface area contributed by atoms with E-state index < -0.39 is 17.0 Å². The summed E-state index contributed by atoms with van der Waals surface area (Å²) in [6, 6.07) is 19.8. The van der Waals surface area contributed by atoms with Crippen LogP contribution in [-0.4, -0.2) is 18.3 Å². The lowest BCUT2D eigenvalue weighted by Gasteiger charge is -2.27. The Morgan fingerprint density at radius 3 is 2.38 bits per heavy atom. The summed E-state index contributed by atoms with van der Waals surface area (Å²) in [7, 11) is 1.66. The molecular formula is C26H24F2INO2. The molecule has 166 valence electrons. The number of halogens is 3. The second-order valence-electron chi connectivity index (χ2n) is 8.34. The summed E-state index contributed by atoms with van der Waals surface area (Å²) in [5, 5.41) is 0.938. The van der Waals surface area contributed by atoms with E-state index in [1.807, 2.05) is 53.1 Å². The Labute approximate surface area is 200 Å². The molecule has 0 atom stereocenters. The third-order valence-electron chi connectivity index (χ3n) is 5.44. The monoisotopic (exact) mass is 547 g/mol. The van der Waals surface area contributed by atoms with Crippen molar-refractivity contribution >= 4 is 33.5 Å². The molecule has 32 heavy (non-hydrogen) atoms. The van der Waals surface area contributed by atoms with Crippen LogP contribution >= 0.6 is 22.6 Å². The van der Waals surface area contributed by atoms with Gasteiger partial charge in [0.2, 0.25) is 0 Å². The van der Waals surface area contributed by atoms with Crippen LogP contribution in [0.3, 0.4) is 0 Å². The average molecular weight is 547 g/mol. The molecule has 0 saturated carbocycles. The number of hydrogen-bond acceptors (Lipinski definition) is 2. The molecule has 0 aliphatic heterocycles. The van der Waals surface area contributed by atoms with E-state index >= 15 is 0 Å². The second-order valence-corrected chi connectivity index (χ2v) is 9.42. The lowest BCUT2D eigenvalue weighted by molar-refractivity contribution is 0.143. The van der Waals surface area contributed by atoms with E-state index in [1.54, 1.807) is 13.2 Å². The average Bonchev–Trinajstić information content (AvgIpc) is 3.09. The van der Waals surface area contributed by atoms with Gasteiger partial charge in [-0.1, -0.05) is 50.2 Å². The van der Waals surface area contributed by atoms with Gasteiger partial charge in [0.05, 0.1) is 17.5 Å². The van der Waals surface area contributed by atoms with E-state index in [-0.39, 0.29) is 0 Å². The molecule has 0 aliphatic rings. The SMILES string of the molecule is COCC(C)(C)c1c(I)c2c(OCc3ccccc3)cccc2n1-c1ccc(F)c(F)c1. The first-order valence-electron chi connectivity index (χ1n) is 10.3. The molecule has 1 aromatic heterocycles. The van der Waals surface area contributed by atoms with Crippen molar-refractivity contribution in [1.82, 2.24) is 4.57 Å². The molecule has 0 N–H and O–H groups in total. The summed E-state index contributed by atoms with van der Waals surface area (Å²) < 4.78 is 42.6. The largest absolute Gasteiger partial charge is 0.488 e. The molecule has 1 heterocycles. The van der Waals surface area contributed by atoms with Gasteiger partial charge in [-0.2, -0.15) is 0 Å². The molecule has 0 fully saturated rings. The summed E-state index contributed by atoms with van der Waals surface area (Å²) in [5.41, 5.74) is 3.05. The van der Waals surface area contributed by atoms with Gasteiger partial charge in [0, 0.05) is 33.5 Å². The maximum atomic E-state index is 14.2. The Morgan fingerprint density at radius 2 is 1.69 bits per heavy atom. The van der Waals surface area contributed by atoms with Gasteiger partial charge in [0.15, 0.2) is 11.6 Å². The van der Waals surface area contributed by atoms with Crippen molar-refractivity contribution in [3.8, 4) is 11.4 Å². The van der Waals surface area contributed by atoms with Crippen molar-refractivity contribution in [2.45, 2.75) is 25.9 Å². The molecule has 6 heteroatoms. The smallest absolute Gasteiger partial charge is 0.160 e. The molecule has 0 bridgehead atoms. The van der Waals surface area contributed by atoms with Crippen LogP contribution in [-0.2, 0) is 16.8 Å². The lowest BCUT2D eigenvalue weighted by Crippen LogP contribution is -2.27. The zero-order valence-electron chi connectivity index (χ0n) is 18.2. The predicted octanol–water partition coefficient (Wildman–Crippen LogP) is 7.02. The number of methoxy groups -OCH3 is 1. The zero-order chi connectivity index (χ0) is 22.9. The first kappa shape index (κ1) is 22.7. The van der Waals surface area contributed by atoms with Gasteiger partial charge >= 0.3 is 0 Å². The molecule has 3 nitrogen and oxygen atoms in total. The molecule has 0 saturated heterocycles. The van der Waals surface area contributed by atoms with Crippen LogP contribution in [0, 0.1) is 15.2 Å². The first-order valence-corrected chi connectivity index (χ1v) is 11.4. The van der Waals surface area contributed by atoms with Gasteiger partial charge in [0.1, 0.15) is 12.4 Å². The lowest BCUT2D eigenvalue weighted by atomic mass is 9.90. The molecule has 0 spiro atoms. The van der Waals surface area contributed by atoms with E-state index in [0.29, 0.717) is 18.9 Å². The Balaban J connectivity index is 1.93. The van der Waals surface area contributed by atoms with E-state index in [4.69, 9.17) is 9.47 Å². The van der Waals surface area contributed by atoms with Gasteiger partial charge in [-0.25, -0.2) is 8.78 Å². The zero-order valence-corrected chi connectivity index (χ0v) is 20.3. The first-order chi connectivity index (χ1) is 15.3. The second kappa shape index (κ2) is 9.19. The molecule has 4 rings (SSSR count). The summed E-state index contributed by atoms with van der Waals surface area (Å²) in [4.78, 5) is 0. The van der Waals surface area contributed by atoms with Crippen LogP contribution < -0.4 is 4.74 Å². The summed E-state index contributed by atoms with van der Waals surface area (Å²) in [6.45, 7) is 5.05. The molecular weight excluding hydrogens is 523 g/mol. The highest BCUT2D eigenvalue weighted by molar-refractivity contribution is 14.1. The highest BCUT2D eigenvalue weighted by Crippen LogP contribution is 2.42. The van der Waals surface area contributed by atoms with Crippen molar-refractivity contribution in [2.24, 2.45) is 0 Å². The molecule has 0 radical (unpaired) electrons. The van der Waals surface area contributed by atoms with Gasteiger partial charge in [0.25, 0.3) is 0 Å². The fourth-order valence-electron chi connectivity index (χ4n) is 4.04. The van der Waals surface area contributed by atoms with Gasteiger partial charge < -0.3 is 14.0 Å². The fraction of sp³-hybridized carbons (Fsp3) is 0.231. The maximum Gasteiger partial charge on any atom is 0.160 e. The van der Waals surface area contributed by atoms with Crippen LogP contribution in [0.2, 0.25) is 0 Å². The van der Waals surface area contributed by atoms with Crippen LogP contribution in [0.1, 0.15) is 25.1 Å². The Hall–Kier alpha value is -2.45. The number of nitrogens with zero attached hydrogens (tertiary/aromatic N) is 1. The van der Waals surface area contributed by atoms with Crippen LogP contribution in [0.4, 0.5) is 8.78 Å². The number of benzene rings is 3. The number of aromatic nitrogens is 1. The number of rotatable bonds is 7. The minimum absolute atomic E-state index is 0.397. The topological polar surface area (TPSA) is 23.4 Å². The normalized spacial score (nSPS) is 11.8. The number of hydrogen-bond donors (Lipinski definition) is 0. The Kier molecular flexibility index (Phi) is 6.53. The predicted molar refractivity (Wildman–Crippen MR) is 132 cm³/mol. The van der Waals surface area contributed by atoms with E-state index in [2.05, 4.69) is 36.4 Å². The molecule has 0 unspecified atom stereocenters. The third-order valence-corrected chi connectivity index (χ3v) is 6.49. The van der Waals surface area contributed by atoms with Crippen molar-refractivity contribution in [3.05, 3.63) is 93.2 Å². The van der Waals surface area contributed by atoms with Crippen molar-refractivity contribution < 1.29 is 18.3 Å². The fourth-order valence-corrected chi connectivity index (χ4v) is 5.55. The molecule has 4 aromatic rings. The minimum atomic E-state index is -0.883. The van der Waals surface area contributed by atoms with Crippen molar-refractivity contribution in [3.63, 3.8) is 0 Å². The summed E-state index contributed by atoms with van der Waals surface area (Å²) in [6.07, 6.45) is 0. The number of fused-ring (bicyclic) bond motifs is 1. The summed E-state index contributed by atoms with van der Waals surface area (Å²) >= 11 is 2.32. The highest BCUT2D eigenvalue weighted by Gasteiger charge is 2.32. The van der Waals surface area contributed by atoms with Crippen LogP contribution in [0.25, 0.3) is 16.6 Å². The van der Waals surface area contributed by atoms with Crippen molar-refractivity contribution in [2.75, 3.05) is 13.7 Å². The Morgan fingerprint density at radius 1 is 0.938 bits per heavy atom. The highest BCUT2D eigenvalue weighted by atomic mass is 127. The quantitative estimate of drug-likeness (QED) is 0.232. The van der Waals surface area contributed by atoms with Gasteiger partial charge in [-0.3, -0.25) is 0 Å². The number of ether oxygens (including phenoxy) is 2. The minimum Gasteiger partial charge on any atom is -0.488 e. The van der Waals surface area contributed by atoms with Crippen molar-refractivity contribution in [1.29, 1.82) is 0 Å². The molecule has 3 aromatic carbocycles. The van der Waals surface area contributed by atoms with Gasteiger partial charge in [-0.15, -0.1) is 0 Å². The summed E-state index contributed by atoms with van der Waals surface area (Å²) in [5.74, 6) is -1.01. The standard InChI is InChI=1S/C26H24F2INO2/c1-26(2,16-31-3)25-24(29)23-21(30(25)18-12-13-19(27)20(28)14-18)10-7-11-22(23)32-15-17-8-5-4-6-9-17/h4-14H,15-16H2,1-3H3. The van der Waals surface area contributed by atoms with E-state index in [9.17, 15) is 8.78 Å². The Bertz CT molecular complexity index is 1250. The maximum absolute atomic E-state index is 14.2.